The third-order valence-corrected chi connectivity index (χ3v) is 4.94. The summed E-state index contributed by atoms with van der Waals surface area (Å²) in [5.74, 6) is 0.931. The van der Waals surface area contributed by atoms with E-state index >= 15 is 0 Å². The summed E-state index contributed by atoms with van der Waals surface area (Å²) >= 11 is 0. The summed E-state index contributed by atoms with van der Waals surface area (Å²) in [7, 11) is 0. The van der Waals surface area contributed by atoms with Gasteiger partial charge < -0.3 is 14.8 Å². The number of aromatic nitrogens is 2. The van der Waals surface area contributed by atoms with E-state index in [1.54, 1.807) is 4.90 Å². The molecule has 0 bridgehead atoms. The molecule has 6 heteroatoms. The molecule has 1 aromatic heterocycles. The molecule has 0 radical (unpaired) electrons. The Morgan fingerprint density at radius 1 is 1.32 bits per heavy atom. The normalized spacial score (nSPS) is 24.8. The number of rotatable bonds is 3. The number of amides is 2. The van der Waals surface area contributed by atoms with Crippen molar-refractivity contribution in [3.8, 4) is 0 Å². The predicted octanol–water partition coefficient (Wildman–Crippen LogP) is 1.50. The average Bonchev–Trinajstić information content (AvgIpc) is 3.14. The Kier molecular flexibility index (Phi) is 3.70. The molecule has 1 atom stereocenters. The zero-order valence-electron chi connectivity index (χ0n) is 13.6. The lowest BCUT2D eigenvalue weighted by molar-refractivity contribution is -0.135. The molecule has 6 nitrogen and oxygen atoms in total. The van der Waals surface area contributed by atoms with Crippen LogP contribution in [-0.4, -0.2) is 57.8 Å². The van der Waals surface area contributed by atoms with Crippen molar-refractivity contribution in [2.24, 2.45) is 5.41 Å². The summed E-state index contributed by atoms with van der Waals surface area (Å²) in [4.78, 5) is 36.4. The van der Waals surface area contributed by atoms with Crippen LogP contribution in [0.3, 0.4) is 0 Å². The van der Waals surface area contributed by atoms with Crippen LogP contribution in [0.15, 0.2) is 0 Å². The molecule has 1 aromatic rings. The summed E-state index contributed by atoms with van der Waals surface area (Å²) < 4.78 is 0. The van der Waals surface area contributed by atoms with Crippen LogP contribution in [0.1, 0.15) is 48.2 Å². The fraction of sp³-hybridized carbons (Fsp3) is 0.688. The fourth-order valence-electron chi connectivity index (χ4n) is 3.77. The van der Waals surface area contributed by atoms with Crippen LogP contribution in [0.2, 0.25) is 0 Å². The molecule has 0 aliphatic carbocycles. The first-order chi connectivity index (χ1) is 10.5. The van der Waals surface area contributed by atoms with Gasteiger partial charge in [0.1, 0.15) is 11.5 Å². The van der Waals surface area contributed by atoms with Crippen LogP contribution >= 0.6 is 0 Å². The van der Waals surface area contributed by atoms with Crippen molar-refractivity contribution >= 4 is 11.8 Å². The molecule has 2 aliphatic heterocycles. The Balaban J connectivity index is 1.74. The number of nitrogens with one attached hydrogen (secondary N) is 1. The van der Waals surface area contributed by atoms with E-state index in [-0.39, 0.29) is 17.2 Å². The number of H-pyrrole nitrogens is 1. The van der Waals surface area contributed by atoms with Gasteiger partial charge in [0, 0.05) is 31.9 Å². The van der Waals surface area contributed by atoms with E-state index in [2.05, 4.69) is 16.9 Å². The number of aromatic amines is 1. The first kappa shape index (κ1) is 15.1. The number of likely N-dealkylation sites (tertiary alicyclic amines) is 2. The third kappa shape index (κ3) is 2.30. The molecule has 1 unspecified atom stereocenters. The van der Waals surface area contributed by atoms with Gasteiger partial charge in [-0.1, -0.05) is 6.92 Å². The molecule has 22 heavy (non-hydrogen) atoms. The van der Waals surface area contributed by atoms with E-state index in [9.17, 15) is 9.59 Å². The van der Waals surface area contributed by atoms with E-state index in [0.717, 1.165) is 43.9 Å². The zero-order valence-corrected chi connectivity index (χ0v) is 13.6. The molecule has 1 spiro atoms. The smallest absolute Gasteiger partial charge is 0.274 e. The van der Waals surface area contributed by atoms with Gasteiger partial charge in [-0.2, -0.15) is 0 Å². The maximum atomic E-state index is 12.7. The number of imidazole rings is 1. The van der Waals surface area contributed by atoms with Crippen molar-refractivity contribution in [2.75, 3.05) is 26.2 Å². The number of nitrogens with zero attached hydrogens (tertiary/aromatic N) is 3. The summed E-state index contributed by atoms with van der Waals surface area (Å²) in [5, 5.41) is 0. The van der Waals surface area contributed by atoms with E-state index in [1.165, 1.54) is 0 Å². The topological polar surface area (TPSA) is 69.3 Å². The highest BCUT2D eigenvalue weighted by atomic mass is 16.2. The van der Waals surface area contributed by atoms with E-state index in [4.69, 9.17) is 0 Å². The molecule has 0 aromatic carbocycles. The van der Waals surface area contributed by atoms with Crippen LogP contribution < -0.4 is 0 Å². The van der Waals surface area contributed by atoms with Gasteiger partial charge in [-0.05, 0) is 33.1 Å². The standard InChI is InChI=1S/C16H24N4O2/c1-4-7-19-8-5-16(15(19)22)6-9-20(10-16)14(21)13-11(2)17-12(3)18-13/h4-10H2,1-3H3,(H,17,18). The maximum absolute atomic E-state index is 12.7. The first-order valence-corrected chi connectivity index (χ1v) is 8.09. The van der Waals surface area contributed by atoms with Gasteiger partial charge in [0.15, 0.2) is 0 Å². The minimum Gasteiger partial charge on any atom is -0.346 e. The van der Waals surface area contributed by atoms with Crippen molar-refractivity contribution < 1.29 is 9.59 Å². The second kappa shape index (κ2) is 5.41. The van der Waals surface area contributed by atoms with Crippen LogP contribution in [0.25, 0.3) is 0 Å². The van der Waals surface area contributed by atoms with Crippen LogP contribution in [0.5, 0.6) is 0 Å². The van der Waals surface area contributed by atoms with Crippen LogP contribution in [0, 0.1) is 19.3 Å². The summed E-state index contributed by atoms with van der Waals surface area (Å²) in [6.45, 7) is 8.64. The van der Waals surface area contributed by atoms with Crippen molar-refractivity contribution in [2.45, 2.75) is 40.0 Å². The second-order valence-corrected chi connectivity index (χ2v) is 6.60. The summed E-state index contributed by atoms with van der Waals surface area (Å²) in [6, 6.07) is 0. The number of aryl methyl sites for hydroxylation is 2. The summed E-state index contributed by atoms with van der Waals surface area (Å²) in [6.07, 6.45) is 2.63. The van der Waals surface area contributed by atoms with Gasteiger partial charge in [-0.25, -0.2) is 4.98 Å². The zero-order chi connectivity index (χ0) is 15.9. The van der Waals surface area contributed by atoms with Gasteiger partial charge in [0.05, 0.1) is 5.41 Å². The summed E-state index contributed by atoms with van der Waals surface area (Å²) in [5.41, 5.74) is 0.948. The lowest BCUT2D eigenvalue weighted by Gasteiger charge is -2.23. The van der Waals surface area contributed by atoms with Gasteiger partial charge >= 0.3 is 0 Å². The highest BCUT2D eigenvalue weighted by molar-refractivity contribution is 5.95. The first-order valence-electron chi connectivity index (χ1n) is 8.09. The molecule has 3 rings (SSSR count). The largest absolute Gasteiger partial charge is 0.346 e. The van der Waals surface area contributed by atoms with Gasteiger partial charge in [-0.15, -0.1) is 0 Å². The molecular weight excluding hydrogens is 280 g/mol. The molecule has 3 heterocycles. The average molecular weight is 304 g/mol. The van der Waals surface area contributed by atoms with Crippen molar-refractivity contribution in [3.63, 3.8) is 0 Å². The highest BCUT2D eigenvalue weighted by Crippen LogP contribution is 2.41. The maximum Gasteiger partial charge on any atom is 0.274 e. The Bertz CT molecular complexity index is 609. The Hall–Kier alpha value is -1.85. The minimum atomic E-state index is -0.343. The molecule has 1 N–H and O–H groups in total. The SMILES string of the molecule is CCCN1CCC2(CCN(C(=O)c3nc(C)[nH]c3C)C2)C1=O. The molecule has 2 fully saturated rings. The van der Waals surface area contributed by atoms with E-state index in [0.29, 0.717) is 18.8 Å². The number of carbonyl (C=O) groups excluding carboxylic acids is 2. The third-order valence-electron chi connectivity index (χ3n) is 4.94. The number of hydrogen-bond acceptors (Lipinski definition) is 3. The molecular formula is C16H24N4O2. The molecule has 0 saturated carbocycles. The van der Waals surface area contributed by atoms with Crippen LogP contribution in [0.4, 0.5) is 0 Å². The Labute approximate surface area is 130 Å². The van der Waals surface area contributed by atoms with E-state index < -0.39 is 0 Å². The van der Waals surface area contributed by atoms with Crippen molar-refractivity contribution in [1.82, 2.24) is 19.8 Å². The lowest BCUT2D eigenvalue weighted by Crippen LogP contribution is -2.38. The van der Waals surface area contributed by atoms with Crippen molar-refractivity contribution in [1.29, 1.82) is 0 Å². The molecule has 2 amide bonds. The van der Waals surface area contributed by atoms with Gasteiger partial charge in [0.25, 0.3) is 5.91 Å². The predicted molar refractivity (Wildman–Crippen MR) is 82.5 cm³/mol. The fourth-order valence-corrected chi connectivity index (χ4v) is 3.77. The Morgan fingerprint density at radius 2 is 2.05 bits per heavy atom. The number of carbonyl (C=O) groups is 2. The lowest BCUT2D eigenvalue weighted by atomic mass is 9.85. The second-order valence-electron chi connectivity index (χ2n) is 6.60. The minimum absolute atomic E-state index is 0.0551. The molecule has 2 saturated heterocycles. The van der Waals surface area contributed by atoms with E-state index in [1.807, 2.05) is 18.7 Å². The molecule has 2 aliphatic rings. The Morgan fingerprint density at radius 3 is 2.68 bits per heavy atom. The number of hydrogen-bond donors (Lipinski definition) is 1. The monoisotopic (exact) mass is 304 g/mol. The highest BCUT2D eigenvalue weighted by Gasteiger charge is 2.51. The van der Waals surface area contributed by atoms with Gasteiger partial charge in [0.2, 0.25) is 5.91 Å². The van der Waals surface area contributed by atoms with Crippen LogP contribution in [-0.2, 0) is 4.79 Å². The van der Waals surface area contributed by atoms with Gasteiger partial charge in [-0.3, -0.25) is 9.59 Å². The quantitative estimate of drug-likeness (QED) is 0.920. The van der Waals surface area contributed by atoms with Crippen molar-refractivity contribution in [3.05, 3.63) is 17.2 Å². The molecule has 120 valence electrons.